The average Bonchev–Trinajstić information content (AvgIpc) is 2.80. The molecule has 2 rings (SSSR count). The first-order chi connectivity index (χ1) is 11.1. The molecule has 1 saturated heterocycles. The summed E-state index contributed by atoms with van der Waals surface area (Å²) < 4.78 is 0. The van der Waals surface area contributed by atoms with E-state index in [4.69, 9.17) is 5.73 Å². The highest BCUT2D eigenvalue weighted by molar-refractivity contribution is 14.0. The maximum Gasteiger partial charge on any atom is 0.189 e. The number of rotatable bonds is 6. The second-order valence-electron chi connectivity index (χ2n) is 6.52. The van der Waals surface area contributed by atoms with Gasteiger partial charge in [-0.2, -0.15) is 0 Å². The molecule has 4 nitrogen and oxygen atoms in total. The summed E-state index contributed by atoms with van der Waals surface area (Å²) in [5, 5.41) is 3.06. The van der Waals surface area contributed by atoms with Crippen LogP contribution >= 0.6 is 24.0 Å². The lowest BCUT2D eigenvalue weighted by atomic mass is 10.1. The van der Waals surface area contributed by atoms with Gasteiger partial charge >= 0.3 is 0 Å². The zero-order valence-electron chi connectivity index (χ0n) is 14.8. The van der Waals surface area contributed by atoms with Crippen LogP contribution in [-0.2, 0) is 13.1 Å². The van der Waals surface area contributed by atoms with E-state index in [1.807, 2.05) is 6.92 Å². The Hall–Kier alpha value is -1.08. The van der Waals surface area contributed by atoms with Gasteiger partial charge in [0.1, 0.15) is 0 Å². The number of halogens is 1. The summed E-state index contributed by atoms with van der Waals surface area (Å²) in [4.78, 5) is 6.97. The van der Waals surface area contributed by atoms with E-state index in [1.54, 1.807) is 0 Å². The third-order valence-corrected chi connectivity index (χ3v) is 4.10. The first-order valence-electron chi connectivity index (χ1n) is 8.62. The van der Waals surface area contributed by atoms with Crippen LogP contribution in [-0.4, -0.2) is 30.5 Å². The summed E-state index contributed by atoms with van der Waals surface area (Å²) >= 11 is 0. The molecule has 0 aliphatic carbocycles. The summed E-state index contributed by atoms with van der Waals surface area (Å²) in [5.41, 5.74) is 9.48. The van der Waals surface area contributed by atoms with Crippen LogP contribution in [0.1, 0.15) is 43.7 Å². The zero-order valence-corrected chi connectivity index (χ0v) is 17.1. The van der Waals surface area contributed by atoms with Crippen molar-refractivity contribution in [2.24, 2.45) is 10.7 Å². The Kier molecular flexibility index (Phi) is 10.0. The highest BCUT2D eigenvalue weighted by atomic mass is 127. The van der Waals surface area contributed by atoms with Gasteiger partial charge in [-0.3, -0.25) is 4.90 Å². The largest absolute Gasteiger partial charge is 0.370 e. The number of hydrogen-bond acceptors (Lipinski definition) is 2. The fourth-order valence-electron chi connectivity index (χ4n) is 2.85. The van der Waals surface area contributed by atoms with Crippen LogP contribution in [0.5, 0.6) is 0 Å². The fraction of sp³-hybridized carbons (Fsp3) is 0.526. The Morgan fingerprint density at radius 1 is 1.21 bits per heavy atom. The first kappa shape index (κ1) is 21.0. The van der Waals surface area contributed by atoms with Crippen LogP contribution < -0.4 is 11.1 Å². The predicted octanol–water partition coefficient (Wildman–Crippen LogP) is 3.66. The smallest absolute Gasteiger partial charge is 0.189 e. The highest BCUT2D eigenvalue weighted by Gasteiger charge is 2.09. The molecule has 0 atom stereocenters. The van der Waals surface area contributed by atoms with Gasteiger partial charge in [-0.25, -0.2) is 4.99 Å². The van der Waals surface area contributed by atoms with Gasteiger partial charge in [0.25, 0.3) is 0 Å². The van der Waals surface area contributed by atoms with Crippen LogP contribution in [0, 0.1) is 0 Å². The van der Waals surface area contributed by atoms with Crippen LogP contribution in [0.25, 0.3) is 0 Å². The molecule has 1 heterocycles. The van der Waals surface area contributed by atoms with Crippen molar-refractivity contribution in [3.8, 4) is 0 Å². The lowest BCUT2D eigenvalue weighted by Gasteiger charge is -2.20. The summed E-state index contributed by atoms with van der Waals surface area (Å²) in [5.74, 6) is 0.478. The van der Waals surface area contributed by atoms with Crippen LogP contribution in [0.2, 0.25) is 0 Å². The first-order valence-corrected chi connectivity index (χ1v) is 8.62. The molecule has 0 aromatic heterocycles. The lowest BCUT2D eigenvalue weighted by Crippen LogP contribution is -2.32. The van der Waals surface area contributed by atoms with Crippen molar-refractivity contribution in [2.45, 2.75) is 45.7 Å². The summed E-state index contributed by atoms with van der Waals surface area (Å²) in [6.45, 7) is 10.6. The van der Waals surface area contributed by atoms with Gasteiger partial charge in [-0.15, -0.1) is 24.0 Å². The molecule has 0 spiro atoms. The van der Waals surface area contributed by atoms with E-state index in [1.165, 1.54) is 49.9 Å². The number of benzene rings is 1. The Labute approximate surface area is 163 Å². The second-order valence-corrected chi connectivity index (χ2v) is 6.52. The second kappa shape index (κ2) is 11.5. The van der Waals surface area contributed by atoms with E-state index in [0.717, 1.165) is 12.1 Å². The van der Waals surface area contributed by atoms with Gasteiger partial charge in [0.15, 0.2) is 5.96 Å². The van der Waals surface area contributed by atoms with E-state index >= 15 is 0 Å². The minimum absolute atomic E-state index is 0. The molecular weight excluding hydrogens is 411 g/mol. The minimum Gasteiger partial charge on any atom is -0.370 e. The number of aliphatic imine (C=N–C) groups is 1. The van der Waals surface area contributed by atoms with Crippen molar-refractivity contribution in [2.75, 3.05) is 19.6 Å². The Bertz CT molecular complexity index is 534. The number of nitrogens with one attached hydrogen (secondary N) is 1. The van der Waals surface area contributed by atoms with Crippen molar-refractivity contribution in [3.05, 3.63) is 47.5 Å². The topological polar surface area (TPSA) is 53.6 Å². The molecule has 1 aliphatic heterocycles. The molecule has 1 fully saturated rings. The number of nitrogens with zero attached hydrogens (tertiary/aromatic N) is 2. The summed E-state index contributed by atoms with van der Waals surface area (Å²) in [6.07, 6.45) is 5.41. The normalized spacial score (nSPS) is 16.1. The molecule has 1 aromatic carbocycles. The third-order valence-electron chi connectivity index (χ3n) is 4.10. The molecule has 134 valence electrons. The molecule has 1 aromatic rings. The number of likely N-dealkylation sites (tertiary alicyclic amines) is 1. The number of guanidine groups is 1. The molecule has 24 heavy (non-hydrogen) atoms. The molecular formula is C19H31IN4. The molecule has 0 radical (unpaired) electrons. The van der Waals surface area contributed by atoms with Crippen molar-refractivity contribution in [1.82, 2.24) is 10.2 Å². The number of hydrogen-bond donors (Lipinski definition) is 2. The lowest BCUT2D eigenvalue weighted by molar-refractivity contribution is 0.277. The molecule has 0 unspecified atom stereocenters. The van der Waals surface area contributed by atoms with Crippen LogP contribution in [0.4, 0.5) is 0 Å². The van der Waals surface area contributed by atoms with E-state index in [9.17, 15) is 0 Å². The standard InChI is InChI=1S/C19H30N4.HI/c1-16(2)13-21-19(20)22-14-17-8-7-9-18(12-17)15-23-10-5-3-4-6-11-23;/h7-9,12H,1,3-6,10-11,13-15H2,2H3,(H3,20,21,22);1H. The molecule has 0 bridgehead atoms. The van der Waals surface area contributed by atoms with Crippen molar-refractivity contribution >= 4 is 29.9 Å². The van der Waals surface area contributed by atoms with E-state index in [-0.39, 0.29) is 24.0 Å². The van der Waals surface area contributed by atoms with Crippen molar-refractivity contribution < 1.29 is 0 Å². The van der Waals surface area contributed by atoms with Crippen molar-refractivity contribution in [3.63, 3.8) is 0 Å². The van der Waals surface area contributed by atoms with Gasteiger partial charge < -0.3 is 11.1 Å². The fourth-order valence-corrected chi connectivity index (χ4v) is 2.85. The maximum absolute atomic E-state index is 5.86. The van der Waals surface area contributed by atoms with Crippen molar-refractivity contribution in [1.29, 1.82) is 0 Å². The maximum atomic E-state index is 5.86. The van der Waals surface area contributed by atoms with E-state index < -0.39 is 0 Å². The SMILES string of the molecule is C=C(C)CNC(N)=NCc1cccc(CN2CCCCCC2)c1.I. The third kappa shape index (κ3) is 8.15. The van der Waals surface area contributed by atoms with Gasteiger partial charge in [0, 0.05) is 13.1 Å². The van der Waals surface area contributed by atoms with Gasteiger partial charge in [-0.05, 0) is 44.0 Å². The van der Waals surface area contributed by atoms with Crippen LogP contribution in [0.15, 0.2) is 41.4 Å². The minimum atomic E-state index is 0. The molecule has 5 heteroatoms. The Morgan fingerprint density at radius 3 is 2.54 bits per heavy atom. The zero-order chi connectivity index (χ0) is 16.5. The Morgan fingerprint density at radius 2 is 1.88 bits per heavy atom. The number of nitrogens with two attached hydrogens (primary N) is 1. The highest BCUT2D eigenvalue weighted by Crippen LogP contribution is 2.14. The monoisotopic (exact) mass is 442 g/mol. The van der Waals surface area contributed by atoms with Crippen LogP contribution in [0.3, 0.4) is 0 Å². The molecule has 3 N–H and O–H groups in total. The molecule has 1 aliphatic rings. The van der Waals surface area contributed by atoms with Gasteiger partial charge in [0.2, 0.25) is 0 Å². The van der Waals surface area contributed by atoms with E-state index in [0.29, 0.717) is 19.0 Å². The average molecular weight is 442 g/mol. The quantitative estimate of drug-likeness (QED) is 0.306. The summed E-state index contributed by atoms with van der Waals surface area (Å²) in [7, 11) is 0. The van der Waals surface area contributed by atoms with Gasteiger partial charge in [-0.1, -0.05) is 49.3 Å². The summed E-state index contributed by atoms with van der Waals surface area (Å²) in [6, 6.07) is 8.69. The predicted molar refractivity (Wildman–Crippen MR) is 114 cm³/mol. The molecule has 0 amide bonds. The molecule has 0 saturated carbocycles. The Balaban J connectivity index is 0.00000288. The van der Waals surface area contributed by atoms with E-state index in [2.05, 4.69) is 46.1 Å². The van der Waals surface area contributed by atoms with Gasteiger partial charge in [0.05, 0.1) is 6.54 Å².